The van der Waals surface area contributed by atoms with Crippen molar-refractivity contribution in [3.05, 3.63) is 36.2 Å². The third-order valence-electron chi connectivity index (χ3n) is 3.07. The van der Waals surface area contributed by atoms with Gasteiger partial charge in [0.05, 0.1) is 17.6 Å². The van der Waals surface area contributed by atoms with E-state index in [2.05, 4.69) is 19.7 Å². The van der Waals surface area contributed by atoms with Gasteiger partial charge >= 0.3 is 0 Å². The van der Waals surface area contributed by atoms with E-state index in [1.54, 1.807) is 6.33 Å². The molecule has 0 saturated carbocycles. The van der Waals surface area contributed by atoms with Crippen LogP contribution in [0.1, 0.15) is 11.6 Å². The van der Waals surface area contributed by atoms with Gasteiger partial charge in [-0.15, -0.1) is 10.2 Å². The van der Waals surface area contributed by atoms with Crippen LogP contribution in [-0.2, 0) is 13.6 Å². The van der Waals surface area contributed by atoms with E-state index in [0.717, 1.165) is 28.4 Å². The molecule has 0 fully saturated rings. The highest BCUT2D eigenvalue weighted by Gasteiger charge is 2.10. The third kappa shape index (κ3) is 1.62. The fraction of sp³-hybridized carbons (Fsp3) is 0.250. The van der Waals surface area contributed by atoms with Gasteiger partial charge in [0, 0.05) is 12.7 Å². The Hall–Kier alpha value is -2.37. The summed E-state index contributed by atoms with van der Waals surface area (Å²) in [4.78, 5) is 4.51. The zero-order chi connectivity index (χ0) is 12.7. The first-order valence-electron chi connectivity index (χ1n) is 5.70. The molecule has 18 heavy (non-hydrogen) atoms. The summed E-state index contributed by atoms with van der Waals surface area (Å²) in [6.07, 6.45) is 1.70. The number of imidazole rings is 1. The number of anilines is 1. The second-order valence-corrected chi connectivity index (χ2v) is 4.35. The molecule has 3 rings (SSSR count). The van der Waals surface area contributed by atoms with Crippen molar-refractivity contribution in [1.82, 2.24) is 24.3 Å². The summed E-state index contributed by atoms with van der Waals surface area (Å²) < 4.78 is 4.02. The lowest BCUT2D eigenvalue weighted by atomic mass is 10.3. The van der Waals surface area contributed by atoms with Crippen molar-refractivity contribution in [3.63, 3.8) is 0 Å². The number of nitrogens with zero attached hydrogens (tertiary/aromatic N) is 5. The van der Waals surface area contributed by atoms with Gasteiger partial charge in [-0.1, -0.05) is 0 Å². The van der Waals surface area contributed by atoms with Crippen LogP contribution in [0.3, 0.4) is 0 Å². The highest BCUT2D eigenvalue weighted by Crippen LogP contribution is 2.19. The summed E-state index contributed by atoms with van der Waals surface area (Å²) >= 11 is 0. The Bertz CT molecular complexity index is 709. The van der Waals surface area contributed by atoms with Crippen LogP contribution in [0.25, 0.3) is 11.0 Å². The van der Waals surface area contributed by atoms with Crippen LogP contribution >= 0.6 is 0 Å². The van der Waals surface area contributed by atoms with E-state index in [-0.39, 0.29) is 0 Å². The van der Waals surface area contributed by atoms with E-state index in [1.807, 2.05) is 36.7 Å². The van der Waals surface area contributed by atoms with Crippen molar-refractivity contribution >= 4 is 16.7 Å². The molecule has 0 aliphatic heterocycles. The second kappa shape index (κ2) is 3.83. The SMILES string of the molecule is Cc1nc2cc(N)ccc2n1Cc1nncn1C. The number of rotatable bonds is 2. The van der Waals surface area contributed by atoms with Crippen LogP contribution in [0.2, 0.25) is 0 Å². The van der Waals surface area contributed by atoms with E-state index in [1.165, 1.54) is 0 Å². The van der Waals surface area contributed by atoms with E-state index < -0.39 is 0 Å². The third-order valence-corrected chi connectivity index (χ3v) is 3.07. The molecule has 2 aromatic heterocycles. The average molecular weight is 242 g/mol. The highest BCUT2D eigenvalue weighted by atomic mass is 15.3. The molecule has 0 saturated heterocycles. The number of fused-ring (bicyclic) bond motifs is 1. The summed E-state index contributed by atoms with van der Waals surface area (Å²) in [6.45, 7) is 2.63. The molecule has 0 radical (unpaired) electrons. The predicted octanol–water partition coefficient (Wildman–Crippen LogP) is 1.10. The lowest BCUT2D eigenvalue weighted by molar-refractivity contribution is 0.694. The Kier molecular flexibility index (Phi) is 2.29. The number of nitrogen functional groups attached to an aromatic ring is 1. The molecular weight excluding hydrogens is 228 g/mol. The summed E-state index contributed by atoms with van der Waals surface area (Å²) in [6, 6.07) is 5.76. The van der Waals surface area contributed by atoms with Crippen LogP contribution in [0.4, 0.5) is 5.69 Å². The number of hydrogen-bond donors (Lipinski definition) is 1. The number of benzene rings is 1. The molecule has 1 aromatic carbocycles. The van der Waals surface area contributed by atoms with Crippen molar-refractivity contribution in [1.29, 1.82) is 0 Å². The average Bonchev–Trinajstić information content (AvgIpc) is 2.85. The molecule has 3 aromatic rings. The summed E-state index contributed by atoms with van der Waals surface area (Å²) in [5.74, 6) is 1.84. The fourth-order valence-corrected chi connectivity index (χ4v) is 2.06. The van der Waals surface area contributed by atoms with Crippen LogP contribution in [-0.4, -0.2) is 24.3 Å². The second-order valence-electron chi connectivity index (χ2n) is 4.35. The maximum absolute atomic E-state index is 5.77. The molecular formula is C12H14N6. The first-order valence-corrected chi connectivity index (χ1v) is 5.70. The molecule has 2 N–H and O–H groups in total. The Balaban J connectivity index is 2.11. The van der Waals surface area contributed by atoms with Gasteiger partial charge in [0.25, 0.3) is 0 Å². The number of nitrogens with two attached hydrogens (primary N) is 1. The minimum absolute atomic E-state index is 0.656. The lowest BCUT2D eigenvalue weighted by Gasteiger charge is -2.06. The van der Waals surface area contributed by atoms with Crippen molar-refractivity contribution in [2.24, 2.45) is 7.05 Å². The van der Waals surface area contributed by atoms with Crippen molar-refractivity contribution in [2.75, 3.05) is 5.73 Å². The monoisotopic (exact) mass is 242 g/mol. The molecule has 0 unspecified atom stereocenters. The Labute approximate surface area is 104 Å². The molecule has 2 heterocycles. The standard InChI is InChI=1S/C12H14N6/c1-8-15-10-5-9(13)3-4-11(10)18(8)6-12-16-14-7-17(12)2/h3-5,7H,6,13H2,1-2H3. The molecule has 0 amide bonds. The summed E-state index contributed by atoms with van der Waals surface area (Å²) in [5, 5.41) is 7.98. The topological polar surface area (TPSA) is 74.6 Å². The minimum Gasteiger partial charge on any atom is -0.399 e. The van der Waals surface area contributed by atoms with Crippen LogP contribution in [0, 0.1) is 6.92 Å². The molecule has 6 heteroatoms. The van der Waals surface area contributed by atoms with E-state index in [0.29, 0.717) is 6.54 Å². The van der Waals surface area contributed by atoms with Crippen LogP contribution in [0.15, 0.2) is 24.5 Å². The molecule has 0 aliphatic carbocycles. The van der Waals surface area contributed by atoms with Crippen molar-refractivity contribution < 1.29 is 0 Å². The highest BCUT2D eigenvalue weighted by molar-refractivity contribution is 5.79. The molecule has 0 bridgehead atoms. The number of hydrogen-bond acceptors (Lipinski definition) is 4. The Morgan fingerprint density at radius 3 is 2.89 bits per heavy atom. The zero-order valence-electron chi connectivity index (χ0n) is 10.3. The van der Waals surface area contributed by atoms with Gasteiger partial charge in [0.1, 0.15) is 12.2 Å². The summed E-state index contributed by atoms with van der Waals surface area (Å²) in [5.41, 5.74) is 8.47. The normalized spacial score (nSPS) is 11.2. The fourth-order valence-electron chi connectivity index (χ4n) is 2.06. The van der Waals surface area contributed by atoms with Gasteiger partial charge in [-0.3, -0.25) is 0 Å². The van der Waals surface area contributed by atoms with Crippen molar-refractivity contribution in [3.8, 4) is 0 Å². The van der Waals surface area contributed by atoms with Gasteiger partial charge in [-0.25, -0.2) is 4.98 Å². The van der Waals surface area contributed by atoms with Gasteiger partial charge in [0.2, 0.25) is 0 Å². The minimum atomic E-state index is 0.656. The number of aromatic nitrogens is 5. The lowest BCUT2D eigenvalue weighted by Crippen LogP contribution is -2.07. The molecule has 0 spiro atoms. The van der Waals surface area contributed by atoms with E-state index in [9.17, 15) is 0 Å². The number of aryl methyl sites for hydroxylation is 2. The first kappa shape index (κ1) is 10.8. The van der Waals surface area contributed by atoms with E-state index in [4.69, 9.17) is 5.73 Å². The van der Waals surface area contributed by atoms with Gasteiger partial charge < -0.3 is 14.9 Å². The Morgan fingerprint density at radius 2 is 2.17 bits per heavy atom. The molecule has 0 aliphatic rings. The first-order chi connectivity index (χ1) is 8.65. The molecule has 6 nitrogen and oxygen atoms in total. The molecule has 92 valence electrons. The smallest absolute Gasteiger partial charge is 0.152 e. The summed E-state index contributed by atoms with van der Waals surface area (Å²) in [7, 11) is 1.93. The van der Waals surface area contributed by atoms with Gasteiger partial charge in [-0.2, -0.15) is 0 Å². The largest absolute Gasteiger partial charge is 0.399 e. The van der Waals surface area contributed by atoms with Crippen molar-refractivity contribution in [2.45, 2.75) is 13.5 Å². The van der Waals surface area contributed by atoms with E-state index >= 15 is 0 Å². The van der Waals surface area contributed by atoms with Gasteiger partial charge in [-0.05, 0) is 25.1 Å². The quantitative estimate of drug-likeness (QED) is 0.683. The van der Waals surface area contributed by atoms with Crippen LogP contribution < -0.4 is 5.73 Å². The van der Waals surface area contributed by atoms with Gasteiger partial charge in [0.15, 0.2) is 5.82 Å². The Morgan fingerprint density at radius 1 is 1.33 bits per heavy atom. The maximum atomic E-state index is 5.77. The van der Waals surface area contributed by atoms with Crippen LogP contribution in [0.5, 0.6) is 0 Å². The zero-order valence-corrected chi connectivity index (χ0v) is 10.3. The predicted molar refractivity (Wildman–Crippen MR) is 69.0 cm³/mol. The molecule has 0 atom stereocenters. The maximum Gasteiger partial charge on any atom is 0.152 e.